The summed E-state index contributed by atoms with van der Waals surface area (Å²) in [6.07, 6.45) is 4.43. The summed E-state index contributed by atoms with van der Waals surface area (Å²) in [5, 5.41) is 6.55. The molecule has 1 N–H and O–H groups in total. The first-order valence-electron chi connectivity index (χ1n) is 6.17. The molecule has 1 saturated carbocycles. The first-order chi connectivity index (χ1) is 8.65. The minimum Gasteiger partial charge on any atom is -0.381 e. The van der Waals surface area contributed by atoms with E-state index in [1.165, 1.54) is 18.2 Å². The third kappa shape index (κ3) is 2.10. The highest BCUT2D eigenvalue weighted by atomic mass is 35.5. The van der Waals surface area contributed by atoms with Gasteiger partial charge in [-0.25, -0.2) is 4.98 Å². The molecule has 1 aliphatic carbocycles. The highest BCUT2D eigenvalue weighted by Crippen LogP contribution is 2.34. The molecule has 0 atom stereocenters. The number of hydrogen-bond donors (Lipinski definition) is 1. The molecule has 0 amide bonds. The Labute approximate surface area is 112 Å². The van der Waals surface area contributed by atoms with Crippen LogP contribution in [0.1, 0.15) is 12.8 Å². The third-order valence-corrected chi connectivity index (χ3v) is 3.42. The fourth-order valence-corrected chi connectivity index (χ4v) is 2.29. The lowest BCUT2D eigenvalue weighted by Crippen LogP contribution is -2.12. The lowest BCUT2D eigenvalue weighted by atomic mass is 10.1. The maximum Gasteiger partial charge on any atom is 0.136 e. The Balaban J connectivity index is 2.18. The van der Waals surface area contributed by atoms with E-state index in [4.69, 9.17) is 11.6 Å². The molecule has 0 aliphatic heterocycles. The van der Waals surface area contributed by atoms with Crippen molar-refractivity contribution in [3.8, 4) is 0 Å². The number of fused-ring (bicyclic) bond motifs is 1. The van der Waals surface area contributed by atoms with E-state index in [2.05, 4.69) is 16.4 Å². The van der Waals surface area contributed by atoms with Crippen molar-refractivity contribution in [2.75, 3.05) is 24.3 Å². The molecule has 3 rings (SSSR count). The summed E-state index contributed by atoms with van der Waals surface area (Å²) in [6, 6.07) is 6.60. The van der Waals surface area contributed by atoms with E-state index in [1.807, 2.05) is 37.3 Å². The monoisotopic (exact) mass is 261 g/mol. The van der Waals surface area contributed by atoms with E-state index in [1.54, 1.807) is 0 Å². The van der Waals surface area contributed by atoms with Crippen LogP contribution in [0.4, 0.5) is 11.5 Å². The number of aromatic nitrogens is 1. The van der Waals surface area contributed by atoms with Crippen molar-refractivity contribution in [3.63, 3.8) is 0 Å². The Kier molecular flexibility index (Phi) is 2.78. The number of nitrogens with one attached hydrogen (secondary N) is 1. The van der Waals surface area contributed by atoms with Crippen LogP contribution >= 0.6 is 11.6 Å². The predicted octanol–water partition coefficient (Wildman–Crippen LogP) is 3.53. The van der Waals surface area contributed by atoms with E-state index in [0.717, 1.165) is 21.9 Å². The second-order valence-corrected chi connectivity index (χ2v) is 5.43. The van der Waals surface area contributed by atoms with Crippen LogP contribution in [0.15, 0.2) is 24.4 Å². The highest BCUT2D eigenvalue weighted by molar-refractivity contribution is 6.31. The van der Waals surface area contributed by atoms with Gasteiger partial charge in [-0.3, -0.25) is 0 Å². The van der Waals surface area contributed by atoms with Crippen molar-refractivity contribution in [1.82, 2.24) is 4.98 Å². The highest BCUT2D eigenvalue weighted by Gasteiger charge is 2.22. The smallest absolute Gasteiger partial charge is 0.136 e. The zero-order valence-electron chi connectivity index (χ0n) is 10.6. The number of pyridine rings is 1. The van der Waals surface area contributed by atoms with Crippen molar-refractivity contribution in [1.29, 1.82) is 0 Å². The molecular weight excluding hydrogens is 246 g/mol. The van der Waals surface area contributed by atoms with E-state index in [0.29, 0.717) is 6.04 Å². The zero-order valence-corrected chi connectivity index (χ0v) is 11.3. The normalized spacial score (nSPS) is 14.8. The largest absolute Gasteiger partial charge is 0.381 e. The van der Waals surface area contributed by atoms with Gasteiger partial charge in [-0.05, 0) is 25.0 Å². The van der Waals surface area contributed by atoms with E-state index in [-0.39, 0.29) is 0 Å². The second kappa shape index (κ2) is 4.32. The molecule has 0 bridgehead atoms. The molecule has 1 aliphatic rings. The fourth-order valence-electron chi connectivity index (χ4n) is 2.12. The van der Waals surface area contributed by atoms with Crippen molar-refractivity contribution in [2.24, 2.45) is 0 Å². The predicted molar refractivity (Wildman–Crippen MR) is 77.7 cm³/mol. The lowest BCUT2D eigenvalue weighted by Gasteiger charge is -2.17. The maximum absolute atomic E-state index is 6.10. The Morgan fingerprint density at radius 3 is 2.72 bits per heavy atom. The molecule has 1 heterocycles. The van der Waals surface area contributed by atoms with Gasteiger partial charge in [0.05, 0.1) is 11.9 Å². The van der Waals surface area contributed by atoms with Crippen molar-refractivity contribution >= 4 is 33.9 Å². The van der Waals surface area contributed by atoms with Crippen molar-refractivity contribution in [2.45, 2.75) is 18.9 Å². The van der Waals surface area contributed by atoms with Gasteiger partial charge in [0, 0.05) is 35.9 Å². The van der Waals surface area contributed by atoms with Crippen molar-refractivity contribution in [3.05, 3.63) is 29.4 Å². The zero-order chi connectivity index (χ0) is 12.7. The summed E-state index contributed by atoms with van der Waals surface area (Å²) in [6.45, 7) is 0. The molecule has 2 aromatic rings. The lowest BCUT2D eigenvalue weighted by molar-refractivity contribution is 1.08. The van der Waals surface area contributed by atoms with Gasteiger partial charge in [0.15, 0.2) is 0 Å². The summed E-state index contributed by atoms with van der Waals surface area (Å²) in [5.41, 5.74) is 1.11. The average Bonchev–Trinajstić information content (AvgIpc) is 3.12. The molecule has 18 heavy (non-hydrogen) atoms. The van der Waals surface area contributed by atoms with E-state index < -0.39 is 0 Å². The van der Waals surface area contributed by atoms with Crippen LogP contribution in [-0.4, -0.2) is 25.1 Å². The van der Waals surface area contributed by atoms with Crippen LogP contribution in [0.3, 0.4) is 0 Å². The van der Waals surface area contributed by atoms with Gasteiger partial charge in [0.25, 0.3) is 0 Å². The number of hydrogen-bond acceptors (Lipinski definition) is 3. The topological polar surface area (TPSA) is 28.2 Å². The minimum absolute atomic E-state index is 0.621. The molecule has 0 saturated heterocycles. The number of halogens is 1. The molecule has 0 spiro atoms. The molecule has 3 nitrogen and oxygen atoms in total. The molecule has 0 unspecified atom stereocenters. The number of nitrogens with zero attached hydrogens (tertiary/aromatic N) is 2. The van der Waals surface area contributed by atoms with Gasteiger partial charge in [-0.1, -0.05) is 17.7 Å². The molecular formula is C14H16ClN3. The first kappa shape index (κ1) is 11.6. The summed E-state index contributed by atoms with van der Waals surface area (Å²) >= 11 is 6.10. The summed E-state index contributed by atoms with van der Waals surface area (Å²) in [4.78, 5) is 6.55. The summed E-state index contributed by atoms with van der Waals surface area (Å²) in [7, 11) is 3.99. The Bertz CT molecular complexity index is 591. The van der Waals surface area contributed by atoms with Gasteiger partial charge in [-0.2, -0.15) is 0 Å². The average molecular weight is 262 g/mol. The molecule has 1 aromatic carbocycles. The van der Waals surface area contributed by atoms with Gasteiger partial charge in [-0.15, -0.1) is 0 Å². The van der Waals surface area contributed by atoms with Gasteiger partial charge >= 0.3 is 0 Å². The standard InChI is InChI=1S/C14H16ClN3/c1-18(2)14-12-7-9(15)3-6-11(12)13(8-16-14)17-10-4-5-10/h3,6-8,10,17H,4-5H2,1-2H3. The van der Waals surface area contributed by atoms with Gasteiger partial charge < -0.3 is 10.2 Å². The SMILES string of the molecule is CN(C)c1ncc(NC2CC2)c2ccc(Cl)cc12. The van der Waals surface area contributed by atoms with Crippen LogP contribution in [0, 0.1) is 0 Å². The number of anilines is 2. The Morgan fingerprint density at radius 2 is 2.06 bits per heavy atom. The Morgan fingerprint density at radius 1 is 1.28 bits per heavy atom. The second-order valence-electron chi connectivity index (χ2n) is 5.00. The molecule has 94 valence electrons. The van der Waals surface area contributed by atoms with Gasteiger partial charge in [0.2, 0.25) is 0 Å². The Hall–Kier alpha value is -1.48. The van der Waals surface area contributed by atoms with Crippen LogP contribution in [0.2, 0.25) is 5.02 Å². The third-order valence-electron chi connectivity index (χ3n) is 3.19. The van der Waals surface area contributed by atoms with Crippen LogP contribution in [0.5, 0.6) is 0 Å². The number of benzene rings is 1. The van der Waals surface area contributed by atoms with Crippen LogP contribution in [-0.2, 0) is 0 Å². The van der Waals surface area contributed by atoms with Crippen LogP contribution < -0.4 is 10.2 Å². The first-order valence-corrected chi connectivity index (χ1v) is 6.55. The maximum atomic E-state index is 6.10. The minimum atomic E-state index is 0.621. The summed E-state index contributed by atoms with van der Waals surface area (Å²) < 4.78 is 0. The summed E-state index contributed by atoms with van der Waals surface area (Å²) in [5.74, 6) is 0.953. The molecule has 4 heteroatoms. The van der Waals surface area contributed by atoms with E-state index >= 15 is 0 Å². The molecule has 1 fully saturated rings. The fraction of sp³-hybridized carbons (Fsp3) is 0.357. The molecule has 0 radical (unpaired) electrons. The molecule has 1 aromatic heterocycles. The van der Waals surface area contributed by atoms with Crippen molar-refractivity contribution < 1.29 is 0 Å². The number of rotatable bonds is 3. The quantitative estimate of drug-likeness (QED) is 0.916. The van der Waals surface area contributed by atoms with Gasteiger partial charge in [0.1, 0.15) is 5.82 Å². The van der Waals surface area contributed by atoms with E-state index in [9.17, 15) is 0 Å². The van der Waals surface area contributed by atoms with Crippen LogP contribution in [0.25, 0.3) is 10.8 Å².